The minimum Gasteiger partial charge on any atom is -0.463 e. The highest BCUT2D eigenvalue weighted by Gasteiger charge is 2.25. The standard InChI is InChI=1S/C13H26O2Si/c1-6-9-16(5,10-7-2)11-8-15-13(14)12(3)4/h3,6-11H2,1-2,4-5H3. The predicted molar refractivity (Wildman–Crippen MR) is 72.4 cm³/mol. The van der Waals surface area contributed by atoms with Crippen LogP contribution in [0.2, 0.25) is 24.7 Å². The smallest absolute Gasteiger partial charge is 0.333 e. The highest BCUT2D eigenvalue weighted by molar-refractivity contribution is 6.78. The van der Waals surface area contributed by atoms with Crippen molar-refractivity contribution in [3.8, 4) is 0 Å². The predicted octanol–water partition coefficient (Wildman–Crippen LogP) is 4.00. The summed E-state index contributed by atoms with van der Waals surface area (Å²) >= 11 is 0. The van der Waals surface area contributed by atoms with Crippen molar-refractivity contribution in [1.29, 1.82) is 0 Å². The van der Waals surface area contributed by atoms with Crippen molar-refractivity contribution in [3.63, 3.8) is 0 Å². The summed E-state index contributed by atoms with van der Waals surface area (Å²) in [4.78, 5) is 11.2. The van der Waals surface area contributed by atoms with Gasteiger partial charge in [-0.05, 0) is 13.0 Å². The first-order valence-corrected chi connectivity index (χ1v) is 9.40. The van der Waals surface area contributed by atoms with Gasteiger partial charge in [-0.2, -0.15) is 0 Å². The van der Waals surface area contributed by atoms with E-state index in [0.29, 0.717) is 12.2 Å². The van der Waals surface area contributed by atoms with E-state index < -0.39 is 8.07 Å². The molecular weight excluding hydrogens is 216 g/mol. The highest BCUT2D eigenvalue weighted by atomic mass is 28.3. The average Bonchev–Trinajstić information content (AvgIpc) is 2.17. The van der Waals surface area contributed by atoms with Crippen molar-refractivity contribution in [2.45, 2.75) is 58.3 Å². The molecule has 0 aliphatic carbocycles. The van der Waals surface area contributed by atoms with E-state index in [1.165, 1.54) is 24.9 Å². The van der Waals surface area contributed by atoms with Gasteiger partial charge in [0.15, 0.2) is 0 Å². The molecule has 0 N–H and O–H groups in total. The minimum atomic E-state index is -1.16. The summed E-state index contributed by atoms with van der Waals surface area (Å²) in [6.45, 7) is 12.7. The second kappa shape index (κ2) is 7.66. The highest BCUT2D eigenvalue weighted by Crippen LogP contribution is 2.24. The van der Waals surface area contributed by atoms with E-state index in [1.807, 2.05) is 0 Å². The van der Waals surface area contributed by atoms with Crippen LogP contribution in [0.3, 0.4) is 0 Å². The van der Waals surface area contributed by atoms with E-state index in [2.05, 4.69) is 27.0 Å². The second-order valence-corrected chi connectivity index (χ2v) is 10.1. The molecule has 0 atom stereocenters. The van der Waals surface area contributed by atoms with E-state index in [1.54, 1.807) is 6.92 Å². The lowest BCUT2D eigenvalue weighted by Gasteiger charge is -2.26. The third-order valence-electron chi connectivity index (χ3n) is 2.99. The van der Waals surface area contributed by atoms with Crippen LogP contribution in [0.5, 0.6) is 0 Å². The average molecular weight is 242 g/mol. The third kappa shape index (κ3) is 6.11. The minimum absolute atomic E-state index is 0.246. The normalized spacial score (nSPS) is 11.2. The lowest BCUT2D eigenvalue weighted by Crippen LogP contribution is -2.31. The van der Waals surface area contributed by atoms with Crippen molar-refractivity contribution in [3.05, 3.63) is 12.2 Å². The summed E-state index contributed by atoms with van der Waals surface area (Å²) in [7, 11) is -1.16. The molecule has 0 bridgehead atoms. The Balaban J connectivity index is 4.02. The van der Waals surface area contributed by atoms with E-state index in [4.69, 9.17) is 4.74 Å². The lowest BCUT2D eigenvalue weighted by molar-refractivity contribution is -0.138. The molecule has 0 spiro atoms. The Morgan fingerprint density at radius 1 is 1.19 bits per heavy atom. The molecule has 0 aliphatic heterocycles. The van der Waals surface area contributed by atoms with Crippen molar-refractivity contribution < 1.29 is 9.53 Å². The molecule has 3 heteroatoms. The molecule has 0 amide bonds. The van der Waals surface area contributed by atoms with Crippen LogP contribution in [0.1, 0.15) is 33.6 Å². The largest absolute Gasteiger partial charge is 0.463 e. The van der Waals surface area contributed by atoms with E-state index in [0.717, 1.165) is 6.04 Å². The fourth-order valence-corrected chi connectivity index (χ4v) is 5.85. The van der Waals surface area contributed by atoms with E-state index in [9.17, 15) is 4.79 Å². The zero-order valence-corrected chi connectivity index (χ0v) is 12.3. The SMILES string of the molecule is C=C(C)C(=O)OCC[Si](C)(CCC)CCC. The first-order chi connectivity index (χ1) is 7.45. The monoisotopic (exact) mass is 242 g/mol. The molecule has 0 aromatic rings. The van der Waals surface area contributed by atoms with Gasteiger partial charge in [0.2, 0.25) is 0 Å². The van der Waals surface area contributed by atoms with Crippen LogP contribution in [0.15, 0.2) is 12.2 Å². The van der Waals surface area contributed by atoms with Gasteiger partial charge in [0.05, 0.1) is 14.7 Å². The molecule has 94 valence electrons. The number of esters is 1. The number of rotatable bonds is 8. The summed E-state index contributed by atoms with van der Waals surface area (Å²) < 4.78 is 5.19. The molecule has 16 heavy (non-hydrogen) atoms. The summed E-state index contributed by atoms with van der Waals surface area (Å²) in [5.74, 6) is -0.246. The Hall–Kier alpha value is -0.573. The topological polar surface area (TPSA) is 26.3 Å². The van der Waals surface area contributed by atoms with Gasteiger partial charge in [0.25, 0.3) is 0 Å². The zero-order valence-electron chi connectivity index (χ0n) is 11.3. The van der Waals surface area contributed by atoms with Crippen molar-refractivity contribution in [2.24, 2.45) is 0 Å². The molecule has 0 unspecified atom stereocenters. The molecule has 0 rings (SSSR count). The van der Waals surface area contributed by atoms with Crippen molar-refractivity contribution >= 4 is 14.0 Å². The van der Waals surface area contributed by atoms with Crippen LogP contribution >= 0.6 is 0 Å². The van der Waals surface area contributed by atoms with Crippen LogP contribution in [0.25, 0.3) is 0 Å². The van der Waals surface area contributed by atoms with E-state index >= 15 is 0 Å². The lowest BCUT2D eigenvalue weighted by atomic mass is 10.4. The van der Waals surface area contributed by atoms with Gasteiger partial charge in [-0.3, -0.25) is 0 Å². The van der Waals surface area contributed by atoms with Gasteiger partial charge in [0, 0.05) is 5.57 Å². The fourth-order valence-electron chi connectivity index (χ4n) is 2.10. The Labute approximate surface area is 101 Å². The molecule has 0 saturated carbocycles. The van der Waals surface area contributed by atoms with Crippen LogP contribution in [-0.4, -0.2) is 20.7 Å². The first-order valence-electron chi connectivity index (χ1n) is 6.28. The Kier molecular flexibility index (Phi) is 7.39. The van der Waals surface area contributed by atoms with Gasteiger partial charge in [-0.15, -0.1) is 0 Å². The number of carbonyl (C=O) groups is 1. The third-order valence-corrected chi connectivity index (χ3v) is 7.82. The number of carbonyl (C=O) groups excluding carboxylic acids is 1. The molecule has 0 aliphatic rings. The summed E-state index contributed by atoms with van der Waals surface area (Å²) in [5.41, 5.74) is 0.495. The molecule has 0 radical (unpaired) electrons. The maximum atomic E-state index is 11.2. The van der Waals surface area contributed by atoms with E-state index in [-0.39, 0.29) is 5.97 Å². The molecule has 2 nitrogen and oxygen atoms in total. The van der Waals surface area contributed by atoms with Gasteiger partial charge >= 0.3 is 5.97 Å². The van der Waals surface area contributed by atoms with Crippen LogP contribution in [0.4, 0.5) is 0 Å². The van der Waals surface area contributed by atoms with Crippen LogP contribution in [-0.2, 0) is 9.53 Å². The molecule has 0 aromatic heterocycles. The molecular formula is C13H26O2Si. The Morgan fingerprint density at radius 3 is 2.06 bits per heavy atom. The molecule has 0 fully saturated rings. The van der Waals surface area contributed by atoms with Gasteiger partial charge in [-0.1, -0.05) is 51.9 Å². The first kappa shape index (κ1) is 15.4. The number of ether oxygens (including phenoxy) is 1. The summed E-state index contributed by atoms with van der Waals surface area (Å²) in [6.07, 6.45) is 2.49. The molecule has 0 heterocycles. The molecule has 0 aromatic carbocycles. The van der Waals surface area contributed by atoms with Crippen LogP contribution < -0.4 is 0 Å². The quantitative estimate of drug-likeness (QED) is 0.365. The maximum Gasteiger partial charge on any atom is 0.333 e. The molecule has 0 saturated heterocycles. The maximum absolute atomic E-state index is 11.2. The Morgan fingerprint density at radius 2 is 1.69 bits per heavy atom. The summed E-state index contributed by atoms with van der Waals surface area (Å²) in [5, 5.41) is 0. The van der Waals surface area contributed by atoms with Crippen LogP contribution in [0, 0.1) is 0 Å². The van der Waals surface area contributed by atoms with Crippen molar-refractivity contribution in [1.82, 2.24) is 0 Å². The number of hydrogen-bond donors (Lipinski definition) is 0. The number of hydrogen-bond acceptors (Lipinski definition) is 2. The van der Waals surface area contributed by atoms with Gasteiger partial charge in [-0.25, -0.2) is 4.79 Å². The Bertz CT molecular complexity index is 230. The second-order valence-electron chi connectivity index (χ2n) is 4.98. The zero-order chi connectivity index (χ0) is 12.6. The van der Waals surface area contributed by atoms with Gasteiger partial charge in [0.1, 0.15) is 0 Å². The summed E-state index contributed by atoms with van der Waals surface area (Å²) in [6, 6.07) is 3.77. The van der Waals surface area contributed by atoms with Crippen molar-refractivity contribution in [2.75, 3.05) is 6.61 Å². The fraction of sp³-hybridized carbons (Fsp3) is 0.769. The van der Waals surface area contributed by atoms with Gasteiger partial charge < -0.3 is 4.74 Å².